The summed E-state index contributed by atoms with van der Waals surface area (Å²) in [7, 11) is 1.85. The van der Waals surface area contributed by atoms with Crippen LogP contribution in [0.2, 0.25) is 0 Å². The number of rotatable bonds is 4. The Labute approximate surface area is 159 Å². The van der Waals surface area contributed by atoms with E-state index in [1.54, 1.807) is 10.9 Å². The fourth-order valence-electron chi connectivity index (χ4n) is 3.56. The van der Waals surface area contributed by atoms with Crippen molar-refractivity contribution in [1.29, 1.82) is 0 Å². The van der Waals surface area contributed by atoms with Crippen molar-refractivity contribution in [1.82, 2.24) is 25.0 Å². The lowest BCUT2D eigenvalue weighted by molar-refractivity contribution is 0.486. The maximum atomic E-state index is 4.48. The Bertz CT molecular complexity index is 888. The topological polar surface area (TPSA) is 58.3 Å². The van der Waals surface area contributed by atoms with E-state index in [2.05, 4.69) is 55.6 Å². The molecule has 1 unspecified atom stereocenters. The molecule has 6 nitrogen and oxygen atoms in total. The second-order valence-electron chi connectivity index (χ2n) is 6.72. The average molecular weight is 360 g/mol. The summed E-state index contributed by atoms with van der Waals surface area (Å²) in [6.45, 7) is 2.72. The predicted octanol–water partition coefficient (Wildman–Crippen LogP) is 2.83. The van der Waals surface area contributed by atoms with Crippen LogP contribution in [0.4, 0.5) is 0 Å². The molecule has 1 atom stereocenters. The largest absolute Gasteiger partial charge is 0.352 e. The summed E-state index contributed by atoms with van der Waals surface area (Å²) in [5.41, 5.74) is 2.56. The molecule has 0 bridgehead atoms. The SMILES string of the molecule is CN=C(NCc1ccnc(-n2cccn2)c1)N1CCC(c2ccccc2)C1. The minimum Gasteiger partial charge on any atom is -0.352 e. The van der Waals surface area contributed by atoms with Crippen LogP contribution in [-0.2, 0) is 6.54 Å². The molecule has 27 heavy (non-hydrogen) atoms. The Morgan fingerprint density at radius 3 is 2.85 bits per heavy atom. The smallest absolute Gasteiger partial charge is 0.193 e. The van der Waals surface area contributed by atoms with E-state index in [-0.39, 0.29) is 0 Å². The molecule has 4 rings (SSSR count). The van der Waals surface area contributed by atoms with Gasteiger partial charge in [-0.2, -0.15) is 5.10 Å². The first kappa shape index (κ1) is 17.3. The third kappa shape index (κ3) is 4.00. The zero-order chi connectivity index (χ0) is 18.5. The Morgan fingerprint density at radius 2 is 2.07 bits per heavy atom. The van der Waals surface area contributed by atoms with Gasteiger partial charge in [0.15, 0.2) is 11.8 Å². The lowest BCUT2D eigenvalue weighted by Gasteiger charge is -2.22. The molecule has 0 saturated carbocycles. The van der Waals surface area contributed by atoms with Gasteiger partial charge >= 0.3 is 0 Å². The molecular weight excluding hydrogens is 336 g/mol. The summed E-state index contributed by atoms with van der Waals surface area (Å²) in [5.74, 6) is 2.34. The van der Waals surface area contributed by atoms with Gasteiger partial charge in [0, 0.05) is 51.2 Å². The van der Waals surface area contributed by atoms with Crippen LogP contribution in [0.1, 0.15) is 23.5 Å². The minimum atomic E-state index is 0.567. The minimum absolute atomic E-state index is 0.567. The molecule has 1 N–H and O–H groups in total. The quantitative estimate of drug-likeness (QED) is 0.574. The van der Waals surface area contributed by atoms with Crippen molar-refractivity contribution in [3.05, 3.63) is 78.2 Å². The second kappa shape index (κ2) is 8.03. The highest BCUT2D eigenvalue weighted by Gasteiger charge is 2.25. The van der Waals surface area contributed by atoms with E-state index in [0.717, 1.165) is 36.9 Å². The van der Waals surface area contributed by atoms with Crippen molar-refractivity contribution in [3.63, 3.8) is 0 Å². The Kier molecular flexibility index (Phi) is 5.14. The van der Waals surface area contributed by atoms with E-state index in [4.69, 9.17) is 0 Å². The standard InChI is InChI=1S/C21H24N6/c1-22-21(26-13-9-19(16-26)18-6-3-2-4-7-18)24-15-17-8-11-23-20(14-17)27-12-5-10-25-27/h2-8,10-12,14,19H,9,13,15-16H2,1H3,(H,22,24). The summed E-state index contributed by atoms with van der Waals surface area (Å²) < 4.78 is 1.77. The monoisotopic (exact) mass is 360 g/mol. The first-order valence-electron chi connectivity index (χ1n) is 9.29. The number of aromatic nitrogens is 3. The van der Waals surface area contributed by atoms with Crippen molar-refractivity contribution in [2.75, 3.05) is 20.1 Å². The van der Waals surface area contributed by atoms with E-state index in [1.807, 2.05) is 37.6 Å². The van der Waals surface area contributed by atoms with E-state index in [0.29, 0.717) is 12.5 Å². The number of guanidine groups is 1. The van der Waals surface area contributed by atoms with Crippen molar-refractivity contribution in [2.24, 2.45) is 4.99 Å². The first-order valence-corrected chi connectivity index (χ1v) is 9.29. The fourth-order valence-corrected chi connectivity index (χ4v) is 3.56. The lowest BCUT2D eigenvalue weighted by atomic mass is 9.99. The van der Waals surface area contributed by atoms with Gasteiger partial charge in [0.05, 0.1) is 0 Å². The van der Waals surface area contributed by atoms with Gasteiger partial charge in [-0.3, -0.25) is 4.99 Å². The molecule has 6 heteroatoms. The molecule has 1 fully saturated rings. The van der Waals surface area contributed by atoms with E-state index in [9.17, 15) is 0 Å². The summed E-state index contributed by atoms with van der Waals surface area (Å²) in [4.78, 5) is 11.2. The zero-order valence-electron chi connectivity index (χ0n) is 15.5. The van der Waals surface area contributed by atoms with E-state index >= 15 is 0 Å². The van der Waals surface area contributed by atoms with E-state index < -0.39 is 0 Å². The number of hydrogen-bond donors (Lipinski definition) is 1. The van der Waals surface area contributed by atoms with Crippen LogP contribution in [0.5, 0.6) is 0 Å². The lowest BCUT2D eigenvalue weighted by Crippen LogP contribution is -2.39. The highest BCUT2D eigenvalue weighted by atomic mass is 15.3. The highest BCUT2D eigenvalue weighted by molar-refractivity contribution is 5.80. The van der Waals surface area contributed by atoms with Gasteiger partial charge in [-0.15, -0.1) is 0 Å². The van der Waals surface area contributed by atoms with Crippen LogP contribution in [-0.4, -0.2) is 45.8 Å². The van der Waals surface area contributed by atoms with Crippen LogP contribution in [0, 0.1) is 0 Å². The second-order valence-corrected chi connectivity index (χ2v) is 6.72. The van der Waals surface area contributed by atoms with Crippen LogP contribution in [0.3, 0.4) is 0 Å². The molecular formula is C21H24N6. The molecule has 138 valence electrons. The number of pyridine rings is 1. The third-order valence-electron chi connectivity index (χ3n) is 4.97. The van der Waals surface area contributed by atoms with Crippen molar-refractivity contribution in [2.45, 2.75) is 18.9 Å². The molecule has 0 amide bonds. The number of nitrogens with one attached hydrogen (secondary N) is 1. The molecule has 3 aromatic rings. The number of benzene rings is 1. The normalized spacial score (nSPS) is 17.3. The van der Waals surface area contributed by atoms with Gasteiger partial charge in [-0.05, 0) is 35.7 Å². The maximum absolute atomic E-state index is 4.48. The summed E-state index contributed by atoms with van der Waals surface area (Å²) in [5, 5.41) is 7.73. The van der Waals surface area contributed by atoms with Crippen molar-refractivity contribution < 1.29 is 0 Å². The fraction of sp³-hybridized carbons (Fsp3) is 0.286. The molecule has 1 aliphatic rings. The van der Waals surface area contributed by atoms with Gasteiger partial charge in [0.1, 0.15) is 0 Å². The Balaban J connectivity index is 1.38. The first-order chi connectivity index (χ1) is 13.3. The molecule has 0 radical (unpaired) electrons. The van der Waals surface area contributed by atoms with E-state index in [1.165, 1.54) is 5.56 Å². The van der Waals surface area contributed by atoms with Gasteiger partial charge in [-0.25, -0.2) is 9.67 Å². The van der Waals surface area contributed by atoms with Gasteiger partial charge in [0.25, 0.3) is 0 Å². The molecule has 3 heterocycles. The van der Waals surface area contributed by atoms with Crippen molar-refractivity contribution >= 4 is 5.96 Å². The number of nitrogens with zero attached hydrogens (tertiary/aromatic N) is 5. The summed E-state index contributed by atoms with van der Waals surface area (Å²) in [6.07, 6.45) is 6.62. The summed E-state index contributed by atoms with van der Waals surface area (Å²) >= 11 is 0. The molecule has 0 spiro atoms. The van der Waals surface area contributed by atoms with Gasteiger partial charge < -0.3 is 10.2 Å². The van der Waals surface area contributed by atoms with Gasteiger partial charge in [0.2, 0.25) is 0 Å². The molecule has 1 aliphatic heterocycles. The zero-order valence-corrected chi connectivity index (χ0v) is 15.5. The number of likely N-dealkylation sites (tertiary alicyclic amines) is 1. The molecule has 1 saturated heterocycles. The third-order valence-corrected chi connectivity index (χ3v) is 4.97. The van der Waals surface area contributed by atoms with Crippen LogP contribution in [0.15, 0.2) is 72.1 Å². The number of aliphatic imine (C=N–C) groups is 1. The van der Waals surface area contributed by atoms with Gasteiger partial charge in [-0.1, -0.05) is 30.3 Å². The Morgan fingerprint density at radius 1 is 1.19 bits per heavy atom. The molecule has 2 aromatic heterocycles. The highest BCUT2D eigenvalue weighted by Crippen LogP contribution is 2.26. The molecule has 1 aromatic carbocycles. The average Bonchev–Trinajstić information content (AvgIpc) is 3.42. The Hall–Kier alpha value is -3.15. The van der Waals surface area contributed by atoms with Crippen molar-refractivity contribution in [3.8, 4) is 5.82 Å². The number of hydrogen-bond acceptors (Lipinski definition) is 3. The molecule has 0 aliphatic carbocycles. The maximum Gasteiger partial charge on any atom is 0.193 e. The van der Waals surface area contributed by atoms with Crippen LogP contribution < -0.4 is 5.32 Å². The van der Waals surface area contributed by atoms with Crippen LogP contribution in [0.25, 0.3) is 5.82 Å². The van der Waals surface area contributed by atoms with Crippen LogP contribution >= 0.6 is 0 Å². The summed E-state index contributed by atoms with van der Waals surface area (Å²) in [6, 6.07) is 16.7. The predicted molar refractivity (Wildman–Crippen MR) is 107 cm³/mol.